The standard InChI is InChI=1S/C18H18O3/c1-14(19)12-13-18(21,16-10-6-3-7-11-16)17(20)15-8-4-2-5-9-15/h2-11,21H,12-13H2,1H3. The van der Waals surface area contributed by atoms with Crippen LogP contribution >= 0.6 is 0 Å². The zero-order valence-corrected chi connectivity index (χ0v) is 12.0. The van der Waals surface area contributed by atoms with E-state index in [1.54, 1.807) is 48.5 Å². The summed E-state index contributed by atoms with van der Waals surface area (Å²) in [5, 5.41) is 11.0. The molecule has 0 aliphatic rings. The Kier molecular flexibility index (Phi) is 4.66. The summed E-state index contributed by atoms with van der Waals surface area (Å²) in [6.45, 7) is 1.46. The highest BCUT2D eigenvalue weighted by atomic mass is 16.3. The molecule has 0 heterocycles. The summed E-state index contributed by atoms with van der Waals surface area (Å²) in [5.74, 6) is -0.430. The van der Waals surface area contributed by atoms with Crippen LogP contribution in [-0.4, -0.2) is 16.7 Å². The van der Waals surface area contributed by atoms with Crippen LogP contribution in [0, 0.1) is 0 Å². The van der Waals surface area contributed by atoms with Crippen LogP contribution in [0.4, 0.5) is 0 Å². The lowest BCUT2D eigenvalue weighted by atomic mass is 9.82. The van der Waals surface area contributed by atoms with E-state index in [0.29, 0.717) is 11.1 Å². The second-order valence-corrected chi connectivity index (χ2v) is 5.12. The second-order valence-electron chi connectivity index (χ2n) is 5.12. The van der Waals surface area contributed by atoms with Gasteiger partial charge < -0.3 is 9.90 Å². The summed E-state index contributed by atoms with van der Waals surface area (Å²) in [7, 11) is 0. The van der Waals surface area contributed by atoms with Gasteiger partial charge in [0.2, 0.25) is 0 Å². The molecule has 3 nitrogen and oxygen atoms in total. The number of benzene rings is 2. The Morgan fingerprint density at radius 1 is 0.952 bits per heavy atom. The smallest absolute Gasteiger partial charge is 0.198 e. The minimum atomic E-state index is -1.67. The molecule has 0 aliphatic carbocycles. The number of carbonyl (C=O) groups is 2. The van der Waals surface area contributed by atoms with Crippen molar-refractivity contribution < 1.29 is 14.7 Å². The normalized spacial score (nSPS) is 13.4. The molecule has 2 rings (SSSR count). The van der Waals surface area contributed by atoms with Crippen LogP contribution in [0.15, 0.2) is 60.7 Å². The first kappa shape index (κ1) is 15.1. The fraction of sp³-hybridized carbons (Fsp3) is 0.222. The van der Waals surface area contributed by atoms with Crippen molar-refractivity contribution in [2.45, 2.75) is 25.4 Å². The summed E-state index contributed by atoms with van der Waals surface area (Å²) in [6, 6.07) is 17.4. The van der Waals surface area contributed by atoms with E-state index < -0.39 is 5.60 Å². The van der Waals surface area contributed by atoms with E-state index in [2.05, 4.69) is 0 Å². The van der Waals surface area contributed by atoms with Crippen molar-refractivity contribution in [1.82, 2.24) is 0 Å². The average Bonchev–Trinajstić information content (AvgIpc) is 2.53. The van der Waals surface area contributed by atoms with Crippen molar-refractivity contribution in [2.24, 2.45) is 0 Å². The molecule has 0 amide bonds. The van der Waals surface area contributed by atoms with Crippen LogP contribution in [0.5, 0.6) is 0 Å². The maximum atomic E-state index is 12.7. The van der Waals surface area contributed by atoms with Gasteiger partial charge in [0.15, 0.2) is 11.4 Å². The monoisotopic (exact) mass is 282 g/mol. The molecule has 0 bridgehead atoms. The molecule has 0 aromatic heterocycles. The van der Waals surface area contributed by atoms with Gasteiger partial charge in [0.1, 0.15) is 5.78 Å². The summed E-state index contributed by atoms with van der Waals surface area (Å²) in [5.41, 5.74) is -0.721. The minimum Gasteiger partial charge on any atom is -0.377 e. The quantitative estimate of drug-likeness (QED) is 0.828. The number of Topliss-reactive ketones (excluding diaryl/α,β-unsaturated/α-hetero) is 2. The first-order valence-corrected chi connectivity index (χ1v) is 6.91. The van der Waals surface area contributed by atoms with Crippen LogP contribution < -0.4 is 0 Å². The molecule has 108 valence electrons. The molecule has 1 atom stereocenters. The van der Waals surface area contributed by atoms with Crippen LogP contribution in [0.3, 0.4) is 0 Å². The van der Waals surface area contributed by atoms with Gasteiger partial charge in [-0.05, 0) is 18.9 Å². The average molecular weight is 282 g/mol. The van der Waals surface area contributed by atoms with Gasteiger partial charge in [-0.2, -0.15) is 0 Å². The first-order chi connectivity index (χ1) is 10.0. The molecule has 2 aromatic rings. The predicted molar refractivity (Wildman–Crippen MR) is 81.0 cm³/mol. The number of ketones is 2. The molecule has 0 fully saturated rings. The fourth-order valence-electron chi connectivity index (χ4n) is 2.29. The molecule has 2 aromatic carbocycles. The topological polar surface area (TPSA) is 54.4 Å². The number of rotatable bonds is 6. The molecule has 0 saturated carbocycles. The van der Waals surface area contributed by atoms with Crippen molar-refractivity contribution >= 4 is 11.6 Å². The Morgan fingerprint density at radius 2 is 1.48 bits per heavy atom. The van der Waals surface area contributed by atoms with Gasteiger partial charge in [0.05, 0.1) is 0 Å². The number of hydrogen-bond donors (Lipinski definition) is 1. The Morgan fingerprint density at radius 3 is 2.00 bits per heavy atom. The predicted octanol–water partition coefficient (Wildman–Crippen LogP) is 3.13. The third-order valence-corrected chi connectivity index (χ3v) is 3.50. The van der Waals surface area contributed by atoms with E-state index >= 15 is 0 Å². The van der Waals surface area contributed by atoms with Gasteiger partial charge in [0.25, 0.3) is 0 Å². The lowest BCUT2D eigenvalue weighted by molar-refractivity contribution is -0.118. The van der Waals surface area contributed by atoms with Crippen molar-refractivity contribution in [2.75, 3.05) is 0 Å². The van der Waals surface area contributed by atoms with Crippen LogP contribution in [0.25, 0.3) is 0 Å². The summed E-state index contributed by atoms with van der Waals surface area (Å²) in [4.78, 5) is 24.0. The van der Waals surface area contributed by atoms with Crippen molar-refractivity contribution in [3.05, 3.63) is 71.8 Å². The first-order valence-electron chi connectivity index (χ1n) is 6.91. The van der Waals surface area contributed by atoms with Crippen molar-refractivity contribution in [3.63, 3.8) is 0 Å². The zero-order valence-electron chi connectivity index (χ0n) is 12.0. The highest BCUT2D eigenvalue weighted by Crippen LogP contribution is 2.30. The molecule has 1 unspecified atom stereocenters. The van der Waals surface area contributed by atoms with Gasteiger partial charge in [-0.3, -0.25) is 4.79 Å². The van der Waals surface area contributed by atoms with E-state index in [1.165, 1.54) is 6.92 Å². The van der Waals surface area contributed by atoms with Gasteiger partial charge in [-0.15, -0.1) is 0 Å². The van der Waals surface area contributed by atoms with Gasteiger partial charge >= 0.3 is 0 Å². The van der Waals surface area contributed by atoms with E-state index in [-0.39, 0.29) is 24.4 Å². The Hall–Kier alpha value is -2.26. The number of carbonyl (C=O) groups excluding carboxylic acids is 2. The van der Waals surface area contributed by atoms with Gasteiger partial charge in [0, 0.05) is 12.0 Å². The Bertz CT molecular complexity index is 619. The maximum absolute atomic E-state index is 12.7. The van der Waals surface area contributed by atoms with E-state index in [0.717, 1.165) is 0 Å². The van der Waals surface area contributed by atoms with Gasteiger partial charge in [-0.25, -0.2) is 0 Å². The summed E-state index contributed by atoms with van der Waals surface area (Å²) >= 11 is 0. The molecule has 1 N–H and O–H groups in total. The molecular weight excluding hydrogens is 264 g/mol. The van der Waals surface area contributed by atoms with Crippen molar-refractivity contribution in [3.8, 4) is 0 Å². The Balaban J connectivity index is 2.41. The molecule has 0 saturated heterocycles. The van der Waals surface area contributed by atoms with Crippen molar-refractivity contribution in [1.29, 1.82) is 0 Å². The molecule has 0 aliphatic heterocycles. The van der Waals surface area contributed by atoms with Gasteiger partial charge in [-0.1, -0.05) is 60.7 Å². The van der Waals surface area contributed by atoms with E-state index in [1.807, 2.05) is 12.1 Å². The molecular formula is C18H18O3. The summed E-state index contributed by atoms with van der Waals surface area (Å²) in [6.07, 6.45) is 0.240. The fourth-order valence-corrected chi connectivity index (χ4v) is 2.29. The van der Waals surface area contributed by atoms with Crippen LogP contribution in [0.2, 0.25) is 0 Å². The minimum absolute atomic E-state index is 0.0507. The molecule has 21 heavy (non-hydrogen) atoms. The number of hydrogen-bond acceptors (Lipinski definition) is 3. The third kappa shape index (κ3) is 3.44. The molecule has 0 spiro atoms. The molecule has 3 heteroatoms. The molecule has 0 radical (unpaired) electrons. The highest BCUT2D eigenvalue weighted by molar-refractivity contribution is 6.03. The lowest BCUT2D eigenvalue weighted by Crippen LogP contribution is -2.36. The largest absolute Gasteiger partial charge is 0.377 e. The lowest BCUT2D eigenvalue weighted by Gasteiger charge is -2.27. The zero-order chi connectivity index (χ0) is 15.3. The third-order valence-electron chi connectivity index (χ3n) is 3.50. The SMILES string of the molecule is CC(=O)CCC(O)(C(=O)c1ccccc1)c1ccccc1. The van der Waals surface area contributed by atoms with E-state index in [9.17, 15) is 14.7 Å². The van der Waals surface area contributed by atoms with Crippen LogP contribution in [-0.2, 0) is 10.4 Å². The van der Waals surface area contributed by atoms with E-state index in [4.69, 9.17) is 0 Å². The van der Waals surface area contributed by atoms with Crippen LogP contribution in [0.1, 0.15) is 35.7 Å². The Labute approximate surface area is 124 Å². The number of aliphatic hydroxyl groups is 1. The second kappa shape index (κ2) is 6.46. The highest BCUT2D eigenvalue weighted by Gasteiger charge is 2.38. The summed E-state index contributed by atoms with van der Waals surface area (Å²) < 4.78 is 0. The maximum Gasteiger partial charge on any atom is 0.198 e.